The molecule has 45 valence electrons. The number of carbonyl (C=O) groups is 2. The largest absolute Gasteiger partial charge is 1.00 e. The molecule has 6 heteroatoms. The van der Waals surface area contributed by atoms with Crippen LogP contribution in [0.5, 0.6) is 0 Å². The Labute approximate surface area is 64.1 Å². The second-order valence-corrected chi connectivity index (χ2v) is 0.575. The fraction of sp³-hybridized carbons (Fsp3) is 0. The molecule has 0 fully saturated rings. The molecule has 0 aliphatic rings. The molecule has 0 saturated heterocycles. The number of carbonyl (C=O) groups excluding carboxylic acids is 2. The van der Waals surface area contributed by atoms with Crippen molar-refractivity contribution in [3.8, 4) is 0 Å². The van der Waals surface area contributed by atoms with E-state index < -0.39 is 11.9 Å². The predicted molar refractivity (Wildman–Crippen MR) is 16.0 cm³/mol. The molecule has 5 nitrogen and oxygen atoms in total. The average Bonchev–Trinajstić information content (AvgIpc) is 1.36. The van der Waals surface area contributed by atoms with Gasteiger partial charge in [0.2, 0.25) is 0 Å². The van der Waals surface area contributed by atoms with Gasteiger partial charge in [-0.25, -0.2) is 0 Å². The molecule has 0 amide bonds. The summed E-state index contributed by atoms with van der Waals surface area (Å²) in [6.07, 6.45) is 0. The summed E-state index contributed by atoms with van der Waals surface area (Å²) in [6.45, 7) is 0. The number of carboxylic acids is 2. The first-order valence-electron chi connectivity index (χ1n) is 1.07. The van der Waals surface area contributed by atoms with Gasteiger partial charge in [-0.3, -0.25) is 0 Å². The molecule has 0 rings (SSSR count). The van der Waals surface area contributed by atoms with Gasteiger partial charge in [0.15, 0.2) is 0 Å². The average molecular weight is 285 g/mol. The third kappa shape index (κ3) is 9.24. The smallest absolute Gasteiger partial charge is 0.543 e. The molecule has 8 heavy (non-hydrogen) atoms. The molecule has 0 aromatic rings. The topological polar surface area (TPSA) is 117 Å². The maximum absolute atomic E-state index is 8.93. The van der Waals surface area contributed by atoms with Gasteiger partial charge < -0.3 is 26.0 Å². The van der Waals surface area contributed by atoms with Gasteiger partial charge in [-0.15, -0.1) is 0 Å². The van der Waals surface area contributed by atoms with Crippen molar-refractivity contribution in [1.82, 2.24) is 6.15 Å². The standard InChI is InChI=1S/C2H2O4.Hf.H3N/c3-1(4)2(5)6;;/h(H,3,4)(H,5,6);;1H3/q;+1;/p-1. The van der Waals surface area contributed by atoms with Gasteiger partial charge in [0.05, 0.1) is 11.9 Å². The summed E-state index contributed by atoms with van der Waals surface area (Å²) < 4.78 is 0. The first-order chi connectivity index (χ1) is 2.64. The van der Waals surface area contributed by atoms with E-state index in [9.17, 15) is 0 Å². The summed E-state index contributed by atoms with van der Waals surface area (Å²) in [7, 11) is 0. The van der Waals surface area contributed by atoms with Crippen molar-refractivity contribution in [3.63, 3.8) is 0 Å². The molecular formula is C2H4HfNO4. The quantitative estimate of drug-likeness (QED) is 0.373. The van der Waals surface area contributed by atoms with Crippen molar-refractivity contribution in [1.29, 1.82) is 0 Å². The van der Waals surface area contributed by atoms with E-state index in [0.717, 1.165) is 0 Å². The molecule has 0 atom stereocenters. The number of aliphatic carboxylic acids is 2. The van der Waals surface area contributed by atoms with Crippen LogP contribution in [0.3, 0.4) is 0 Å². The van der Waals surface area contributed by atoms with Crippen LogP contribution in [0.25, 0.3) is 0 Å². The normalized spacial score (nSPS) is 5.50. The number of carboxylic acid groups (broad SMARTS) is 2. The van der Waals surface area contributed by atoms with Gasteiger partial charge in [0.25, 0.3) is 0 Å². The molecule has 0 spiro atoms. The first-order valence-corrected chi connectivity index (χ1v) is 1.07. The van der Waals surface area contributed by atoms with Crippen LogP contribution in [-0.2, 0) is 35.4 Å². The van der Waals surface area contributed by atoms with Gasteiger partial charge in [-0.2, -0.15) is 0 Å². The maximum atomic E-state index is 8.93. The van der Waals surface area contributed by atoms with Crippen LogP contribution >= 0.6 is 0 Å². The Morgan fingerprint density at radius 2 is 1.12 bits per heavy atom. The minimum absolute atomic E-state index is 0. The zero-order valence-electron chi connectivity index (χ0n) is 4.13. The van der Waals surface area contributed by atoms with Crippen molar-refractivity contribution in [2.24, 2.45) is 0 Å². The number of quaternary nitrogens is 1. The molecule has 0 aromatic carbocycles. The Morgan fingerprint density at radius 1 is 1.00 bits per heavy atom. The van der Waals surface area contributed by atoms with Gasteiger partial charge in [0.1, 0.15) is 0 Å². The molecule has 0 aliphatic heterocycles. The minimum Gasteiger partial charge on any atom is -0.543 e. The van der Waals surface area contributed by atoms with Gasteiger partial charge >= 0.3 is 25.8 Å². The Kier molecular flexibility index (Phi) is 13.2. The maximum Gasteiger partial charge on any atom is 1.00 e. The fourth-order valence-corrected chi connectivity index (χ4v) is 0. The van der Waals surface area contributed by atoms with E-state index in [0.29, 0.717) is 0 Å². The van der Waals surface area contributed by atoms with Crippen molar-refractivity contribution >= 4 is 11.9 Å². The Morgan fingerprint density at radius 3 is 1.12 bits per heavy atom. The van der Waals surface area contributed by atoms with E-state index in [4.69, 9.17) is 19.8 Å². The van der Waals surface area contributed by atoms with E-state index in [1.165, 1.54) is 0 Å². The van der Waals surface area contributed by atoms with E-state index in [-0.39, 0.29) is 32.0 Å². The second-order valence-electron chi connectivity index (χ2n) is 0.575. The Hall–Kier alpha value is -0.230. The molecule has 4 N–H and O–H groups in total. The fourth-order valence-electron chi connectivity index (χ4n) is 0. The van der Waals surface area contributed by atoms with Crippen LogP contribution < -0.4 is 16.4 Å². The SMILES string of the molecule is O=C([O-])C(=O)[O-].[Hf+].[NH4+]. The third-order valence-electron chi connectivity index (χ3n) is 0.167. The number of hydrogen-bond donors (Lipinski definition) is 1. The van der Waals surface area contributed by atoms with Crippen LogP contribution in [0.2, 0.25) is 0 Å². The molecule has 0 unspecified atom stereocenters. The van der Waals surface area contributed by atoms with E-state index in [2.05, 4.69) is 0 Å². The second kappa shape index (κ2) is 6.77. The molecule has 0 bridgehead atoms. The summed E-state index contributed by atoms with van der Waals surface area (Å²) >= 11 is 0. The molecule has 1 radical (unpaired) electrons. The van der Waals surface area contributed by atoms with E-state index >= 15 is 0 Å². The zero-order valence-corrected chi connectivity index (χ0v) is 7.73. The minimum atomic E-state index is -2.19. The Bertz CT molecular complexity index is 80.0. The summed E-state index contributed by atoms with van der Waals surface area (Å²) in [6, 6.07) is 0. The summed E-state index contributed by atoms with van der Waals surface area (Å²) in [4.78, 5) is 17.9. The molecular weight excluding hydrogens is 281 g/mol. The summed E-state index contributed by atoms with van der Waals surface area (Å²) in [5.41, 5.74) is 0. The van der Waals surface area contributed by atoms with Crippen LogP contribution in [0.4, 0.5) is 0 Å². The molecule has 0 aliphatic carbocycles. The molecule has 0 heterocycles. The molecule has 0 saturated carbocycles. The Balaban J connectivity index is -0.000000125. The van der Waals surface area contributed by atoms with Crippen LogP contribution in [-0.4, -0.2) is 11.9 Å². The third-order valence-corrected chi connectivity index (χ3v) is 0.167. The van der Waals surface area contributed by atoms with E-state index in [1.54, 1.807) is 0 Å². The summed E-state index contributed by atoms with van der Waals surface area (Å²) in [5, 5.41) is 17.9. The van der Waals surface area contributed by atoms with Gasteiger partial charge in [-0.1, -0.05) is 0 Å². The monoisotopic (exact) mass is 286 g/mol. The van der Waals surface area contributed by atoms with E-state index in [1.807, 2.05) is 0 Å². The number of rotatable bonds is 0. The first kappa shape index (κ1) is 15.7. The zero-order chi connectivity index (χ0) is 5.15. The van der Waals surface area contributed by atoms with Crippen LogP contribution in [0.1, 0.15) is 0 Å². The van der Waals surface area contributed by atoms with Crippen molar-refractivity contribution in [2.45, 2.75) is 0 Å². The van der Waals surface area contributed by atoms with Crippen molar-refractivity contribution in [2.75, 3.05) is 0 Å². The van der Waals surface area contributed by atoms with Crippen LogP contribution in [0.15, 0.2) is 0 Å². The number of hydrogen-bond acceptors (Lipinski definition) is 4. The van der Waals surface area contributed by atoms with Crippen LogP contribution in [0, 0.1) is 0 Å². The molecule has 0 aromatic heterocycles. The summed E-state index contributed by atoms with van der Waals surface area (Å²) in [5.74, 6) is -4.37. The van der Waals surface area contributed by atoms with Gasteiger partial charge in [-0.05, 0) is 0 Å². The van der Waals surface area contributed by atoms with Crippen molar-refractivity contribution in [3.05, 3.63) is 0 Å². The predicted octanol–water partition coefficient (Wildman–Crippen LogP) is -3.14. The van der Waals surface area contributed by atoms with Crippen molar-refractivity contribution < 1.29 is 45.6 Å². The van der Waals surface area contributed by atoms with Gasteiger partial charge in [0, 0.05) is 0 Å².